The summed E-state index contributed by atoms with van der Waals surface area (Å²) in [6, 6.07) is 19.3. The molecule has 0 fully saturated rings. The summed E-state index contributed by atoms with van der Waals surface area (Å²) in [7, 11) is -18.4. The van der Waals surface area contributed by atoms with Gasteiger partial charge in [-0.2, -0.15) is 17.7 Å². The largest absolute Gasteiger partial charge is 1.00 e. The molecule has 15 nitrogen and oxygen atoms in total. The minimum Gasteiger partial charge on any atom is -0.744 e. The number of nitrogens with one attached hydrogen (secondary N) is 2. The molecule has 1 aliphatic carbocycles. The van der Waals surface area contributed by atoms with Gasteiger partial charge >= 0.3 is 99.3 Å². The third kappa shape index (κ3) is 12.2. The quantitative estimate of drug-likeness (QED) is 0.0657. The van der Waals surface area contributed by atoms with E-state index in [0.29, 0.717) is 44.9 Å². The zero-order chi connectivity index (χ0) is 41.7. The van der Waals surface area contributed by atoms with Crippen molar-refractivity contribution in [2.45, 2.75) is 56.2 Å². The molecule has 0 bridgehead atoms. The monoisotopic (exact) mass is 908 g/mol. The zero-order valence-electron chi connectivity index (χ0n) is 33.3. The topological polar surface area (TPSA) is 262 Å². The molecule has 4 aromatic rings. The van der Waals surface area contributed by atoms with E-state index in [0.717, 1.165) is 34.5 Å². The summed E-state index contributed by atoms with van der Waals surface area (Å²) >= 11 is 0. The van der Waals surface area contributed by atoms with Crippen molar-refractivity contribution in [2.75, 3.05) is 5.32 Å². The molecule has 0 unspecified atom stereocenters. The third-order valence-corrected chi connectivity index (χ3v) is 11.6. The Morgan fingerprint density at radius 3 is 1.85 bits per heavy atom. The van der Waals surface area contributed by atoms with Crippen LogP contribution in [-0.4, -0.2) is 51.5 Å². The first-order chi connectivity index (χ1) is 25.9. The average molecular weight is 909 g/mol. The first kappa shape index (κ1) is 52.9. The van der Waals surface area contributed by atoms with Gasteiger partial charge in [-0.1, -0.05) is 44.0 Å². The summed E-state index contributed by atoms with van der Waals surface area (Å²) in [6.07, 6.45) is 0. The molecule has 2 N–H and O–H groups in total. The molecule has 0 spiro atoms. The molecule has 6 rings (SSSR count). The molecule has 1 heterocycles. The van der Waals surface area contributed by atoms with E-state index in [1.807, 2.05) is 26.8 Å². The predicted octanol–water partition coefficient (Wildman–Crippen LogP) is -5.37. The van der Waals surface area contributed by atoms with Crippen LogP contribution in [0.3, 0.4) is 0 Å². The van der Waals surface area contributed by atoms with Gasteiger partial charge in [-0.15, -0.1) is 12.6 Å². The smallest absolute Gasteiger partial charge is 0.744 e. The van der Waals surface area contributed by atoms with E-state index in [9.17, 15) is 38.9 Å². The van der Waals surface area contributed by atoms with Gasteiger partial charge in [0.15, 0.2) is 5.36 Å². The van der Waals surface area contributed by atoms with E-state index in [-0.39, 0.29) is 122 Å². The van der Waals surface area contributed by atoms with Crippen LogP contribution in [0.2, 0.25) is 0 Å². The number of anilines is 2. The molecule has 0 saturated carbocycles. The van der Waals surface area contributed by atoms with Gasteiger partial charge in [0.25, 0.3) is 0 Å². The normalized spacial score (nSPS) is 11.8. The molecular formula is C37H31N2Na3O13S4. The third-order valence-electron chi connectivity index (χ3n) is 8.78. The van der Waals surface area contributed by atoms with Crippen LogP contribution in [0.4, 0.5) is 17.1 Å². The van der Waals surface area contributed by atoms with Crippen LogP contribution < -0.4 is 104 Å². The number of hydrogen-bond acceptors (Lipinski definition) is 14. The summed E-state index contributed by atoms with van der Waals surface area (Å²) in [5, 5.41) is 4.09. The SMILES string of the molecule is Cc1[c-]c(C)c([NH+]=c2ccc3c(-c4ccc(S(=O)(=O)[O-])cc4S(=O)(=O)[O-])c4ccc(Nc5c(C)cc(C)c(S(=O)(=O)[O-])c5C)cc4oc-3c2)c(C)c1.O=S(=O)=O.[Na+].[Na+].[Na+]. The standard InChI is InChI=1S/C37H33N2O10S3.3Na.O3S/c1-19-13-20(2)35(21(3)14-19)38-25-7-10-28-31(16-25)49-32-17-26(39-36-22(4)15-23(5)37(24(36)6)52(46,47)48)8-11-29(32)34(28)30-12-9-27(50(40,41)42)18-33(30)51(43,44)45;;;;1-4(2)3/h7-13,15-18,39H,1-6H3,(H,40,41,42)(H,43,44,45)(H,46,47,48);;;;/q-1;3*+1;/p-2. The molecule has 22 heteroatoms. The Hall–Kier alpha value is -2.28. The van der Waals surface area contributed by atoms with Crippen molar-refractivity contribution < 1.29 is 150 Å². The van der Waals surface area contributed by atoms with Crippen molar-refractivity contribution in [1.82, 2.24) is 0 Å². The Morgan fingerprint density at radius 2 is 1.29 bits per heavy atom. The van der Waals surface area contributed by atoms with Gasteiger partial charge in [-0.3, -0.25) is 4.99 Å². The van der Waals surface area contributed by atoms with Gasteiger partial charge in [0.2, 0.25) is 0 Å². The number of rotatable bonds is 7. The fraction of sp³-hybridized carbons (Fsp3) is 0.162. The van der Waals surface area contributed by atoms with Crippen molar-refractivity contribution >= 4 is 69.0 Å². The predicted molar refractivity (Wildman–Crippen MR) is 199 cm³/mol. The van der Waals surface area contributed by atoms with E-state index in [4.69, 9.17) is 17.0 Å². The second-order valence-electron chi connectivity index (χ2n) is 12.8. The maximum absolute atomic E-state index is 12.6. The van der Waals surface area contributed by atoms with Crippen LogP contribution in [0.5, 0.6) is 0 Å². The van der Waals surface area contributed by atoms with Gasteiger partial charge in [-0.05, 0) is 67.8 Å². The van der Waals surface area contributed by atoms with Crippen LogP contribution in [-0.2, 0) is 41.0 Å². The van der Waals surface area contributed by atoms with Crippen LogP contribution in [0, 0.1) is 47.6 Å². The van der Waals surface area contributed by atoms with E-state index >= 15 is 0 Å². The van der Waals surface area contributed by atoms with Crippen LogP contribution >= 0.6 is 0 Å². The molecule has 4 aromatic carbocycles. The van der Waals surface area contributed by atoms with Crippen molar-refractivity contribution in [3.63, 3.8) is 0 Å². The molecule has 0 amide bonds. The minimum atomic E-state index is -5.33. The molecule has 2 aliphatic rings. The first-order valence-corrected chi connectivity index (χ1v) is 21.4. The van der Waals surface area contributed by atoms with E-state index < -0.39 is 50.8 Å². The Morgan fingerprint density at radius 1 is 0.678 bits per heavy atom. The summed E-state index contributed by atoms with van der Waals surface area (Å²) in [5.74, 6) is 0.244. The van der Waals surface area contributed by atoms with Crippen LogP contribution in [0.1, 0.15) is 33.4 Å². The maximum atomic E-state index is 12.6. The van der Waals surface area contributed by atoms with Gasteiger partial charge in [0, 0.05) is 45.6 Å². The first-order valence-electron chi connectivity index (χ1n) is 16.1. The van der Waals surface area contributed by atoms with Crippen molar-refractivity contribution in [3.05, 3.63) is 112 Å². The second kappa shape index (κ2) is 20.3. The van der Waals surface area contributed by atoms with Crippen LogP contribution in [0.25, 0.3) is 33.4 Å². The summed E-state index contributed by atoms with van der Waals surface area (Å²) < 4.78 is 141. The van der Waals surface area contributed by atoms with Crippen LogP contribution in [0.15, 0.2) is 85.8 Å². The maximum Gasteiger partial charge on any atom is 1.00 e. The van der Waals surface area contributed by atoms with Gasteiger partial charge < -0.3 is 23.4 Å². The van der Waals surface area contributed by atoms with E-state index in [1.165, 1.54) is 13.8 Å². The molecule has 0 radical (unpaired) electrons. The van der Waals surface area contributed by atoms with Crippen molar-refractivity contribution in [3.8, 4) is 22.5 Å². The Labute approximate surface area is 409 Å². The van der Waals surface area contributed by atoms with E-state index in [1.54, 1.807) is 49.4 Å². The molecule has 0 saturated heterocycles. The van der Waals surface area contributed by atoms with E-state index in [2.05, 4.69) is 16.4 Å². The number of hydrogen-bond donors (Lipinski definition) is 2. The van der Waals surface area contributed by atoms with Gasteiger partial charge in [0.05, 0.1) is 20.8 Å². The molecule has 0 atom stereocenters. The second-order valence-corrected chi connectivity index (χ2v) is 17.3. The molecule has 1 aliphatic heterocycles. The number of benzene rings is 5. The summed E-state index contributed by atoms with van der Waals surface area (Å²) in [6.45, 7) is 10.6. The number of aryl methyl sites for hydroxylation is 5. The van der Waals surface area contributed by atoms with Crippen molar-refractivity contribution in [1.29, 1.82) is 0 Å². The Kier molecular flexibility index (Phi) is 18.2. The Balaban J connectivity index is 0.00000164. The molecule has 294 valence electrons. The molecule has 0 aromatic heterocycles. The number of fused-ring (bicyclic) bond motifs is 2. The zero-order valence-corrected chi connectivity index (χ0v) is 42.6. The minimum absolute atomic E-state index is 0. The fourth-order valence-corrected chi connectivity index (χ4v) is 8.93. The summed E-state index contributed by atoms with van der Waals surface area (Å²) in [4.78, 5) is 1.24. The van der Waals surface area contributed by atoms with Crippen molar-refractivity contribution in [2.24, 2.45) is 0 Å². The Bertz CT molecular complexity index is 3090. The van der Waals surface area contributed by atoms with Gasteiger partial charge in [0.1, 0.15) is 47.4 Å². The summed E-state index contributed by atoms with van der Waals surface area (Å²) in [5.41, 5.74) is 6.19. The van der Waals surface area contributed by atoms with Gasteiger partial charge in [-0.25, -0.2) is 25.3 Å². The average Bonchev–Trinajstić information content (AvgIpc) is 3.05. The molecule has 59 heavy (non-hydrogen) atoms. The fourth-order valence-electron chi connectivity index (χ4n) is 6.72. The molecular weight excluding hydrogens is 878 g/mol.